The Labute approximate surface area is 96.5 Å². The second-order valence-electron chi connectivity index (χ2n) is 3.86. The minimum absolute atomic E-state index is 0.0724. The van der Waals surface area contributed by atoms with Crippen LogP contribution in [0.4, 0.5) is 5.95 Å². The van der Waals surface area contributed by atoms with Crippen molar-refractivity contribution < 1.29 is 9.63 Å². The fourth-order valence-corrected chi connectivity index (χ4v) is 1.73. The van der Waals surface area contributed by atoms with Crippen molar-refractivity contribution in [1.29, 1.82) is 0 Å². The van der Waals surface area contributed by atoms with E-state index in [9.17, 15) is 5.11 Å². The Morgan fingerprint density at radius 2 is 1.94 bits per heavy atom. The van der Waals surface area contributed by atoms with Gasteiger partial charge in [0.2, 0.25) is 5.89 Å². The average molecular weight is 227 g/mol. The quantitative estimate of drug-likeness (QED) is 0.802. The molecule has 2 unspecified atom stereocenters. The second-order valence-corrected chi connectivity index (χ2v) is 3.86. The van der Waals surface area contributed by atoms with E-state index in [1.54, 1.807) is 6.92 Å². The number of aromatic nitrogens is 2. The van der Waals surface area contributed by atoms with Crippen LogP contribution in [0, 0.1) is 0 Å². The lowest BCUT2D eigenvalue weighted by molar-refractivity contribution is 0.141. The maximum absolute atomic E-state index is 9.59. The summed E-state index contributed by atoms with van der Waals surface area (Å²) in [5, 5.41) is 13.5. The summed E-state index contributed by atoms with van der Waals surface area (Å²) in [6.07, 6.45) is 0.326. The predicted molar refractivity (Wildman–Crippen MR) is 62.6 cm³/mol. The molecule has 5 heteroatoms. The summed E-state index contributed by atoms with van der Waals surface area (Å²) in [5.74, 6) is 1.07. The molecule has 16 heavy (non-hydrogen) atoms. The van der Waals surface area contributed by atoms with Gasteiger partial charge in [-0.2, -0.15) is 4.98 Å². The highest BCUT2D eigenvalue weighted by Crippen LogP contribution is 2.23. The van der Waals surface area contributed by atoms with Gasteiger partial charge in [0.25, 0.3) is 5.95 Å². The van der Waals surface area contributed by atoms with E-state index in [1.807, 2.05) is 25.7 Å². The number of aliphatic hydroxyl groups excluding tert-OH is 1. The van der Waals surface area contributed by atoms with E-state index in [1.165, 1.54) is 0 Å². The summed E-state index contributed by atoms with van der Waals surface area (Å²) < 4.78 is 5.20. The molecule has 0 saturated carbocycles. The molecule has 0 saturated heterocycles. The summed E-state index contributed by atoms with van der Waals surface area (Å²) >= 11 is 0. The Morgan fingerprint density at radius 1 is 1.31 bits per heavy atom. The molecule has 0 aliphatic rings. The van der Waals surface area contributed by atoms with Crippen LogP contribution in [0.15, 0.2) is 4.52 Å². The zero-order valence-electron chi connectivity index (χ0n) is 10.5. The fourth-order valence-electron chi connectivity index (χ4n) is 1.73. The van der Waals surface area contributed by atoms with Gasteiger partial charge >= 0.3 is 0 Å². The summed E-state index contributed by atoms with van der Waals surface area (Å²) in [6.45, 7) is 9.53. The molecule has 2 atom stereocenters. The van der Waals surface area contributed by atoms with Gasteiger partial charge < -0.3 is 14.5 Å². The molecule has 0 aromatic carbocycles. The molecule has 1 aromatic heterocycles. The van der Waals surface area contributed by atoms with E-state index in [2.05, 4.69) is 10.1 Å². The topological polar surface area (TPSA) is 62.4 Å². The molecule has 1 rings (SSSR count). The van der Waals surface area contributed by atoms with Crippen molar-refractivity contribution in [3.63, 3.8) is 0 Å². The number of nitrogens with zero attached hydrogens (tertiary/aromatic N) is 3. The fraction of sp³-hybridized carbons (Fsp3) is 0.818. The zero-order valence-corrected chi connectivity index (χ0v) is 10.5. The van der Waals surface area contributed by atoms with Crippen LogP contribution in [0.5, 0.6) is 0 Å². The van der Waals surface area contributed by atoms with Crippen LogP contribution in [0.3, 0.4) is 0 Å². The van der Waals surface area contributed by atoms with Gasteiger partial charge in [0.05, 0.1) is 12.0 Å². The molecule has 0 fully saturated rings. The van der Waals surface area contributed by atoms with E-state index in [0.29, 0.717) is 11.8 Å². The van der Waals surface area contributed by atoms with Crippen molar-refractivity contribution in [2.24, 2.45) is 0 Å². The van der Waals surface area contributed by atoms with Crippen molar-refractivity contribution in [2.45, 2.75) is 46.1 Å². The molecule has 0 aliphatic carbocycles. The lowest BCUT2D eigenvalue weighted by Crippen LogP contribution is -2.23. The highest BCUT2D eigenvalue weighted by molar-refractivity contribution is 5.27. The Kier molecular flexibility index (Phi) is 4.73. The molecule has 1 aromatic rings. The summed E-state index contributed by atoms with van der Waals surface area (Å²) in [6, 6.07) is 0. The Balaban J connectivity index is 2.84. The number of hydrogen-bond donors (Lipinski definition) is 1. The SMILES string of the molecule is CCC(c1nc(N(CC)CC)no1)C(C)O. The van der Waals surface area contributed by atoms with Gasteiger partial charge in [-0.3, -0.25) is 0 Å². The molecular weight excluding hydrogens is 206 g/mol. The molecule has 1 N–H and O–H groups in total. The van der Waals surface area contributed by atoms with Crippen LogP contribution in [-0.4, -0.2) is 34.4 Å². The third kappa shape index (κ3) is 2.72. The zero-order chi connectivity index (χ0) is 12.1. The van der Waals surface area contributed by atoms with Gasteiger partial charge in [0.15, 0.2) is 0 Å². The van der Waals surface area contributed by atoms with Crippen molar-refractivity contribution in [2.75, 3.05) is 18.0 Å². The average Bonchev–Trinajstić information content (AvgIpc) is 2.70. The lowest BCUT2D eigenvalue weighted by atomic mass is 10.0. The molecule has 0 bridgehead atoms. The van der Waals surface area contributed by atoms with Crippen LogP contribution in [0.25, 0.3) is 0 Å². The molecule has 0 radical (unpaired) electrons. The van der Waals surface area contributed by atoms with E-state index < -0.39 is 6.10 Å². The first-order chi connectivity index (χ1) is 7.63. The first-order valence-electron chi connectivity index (χ1n) is 5.90. The molecule has 0 amide bonds. The van der Waals surface area contributed by atoms with Crippen LogP contribution < -0.4 is 4.90 Å². The Morgan fingerprint density at radius 3 is 2.38 bits per heavy atom. The molecule has 0 spiro atoms. The maximum Gasteiger partial charge on any atom is 0.266 e. The van der Waals surface area contributed by atoms with Gasteiger partial charge in [-0.05, 0) is 32.3 Å². The van der Waals surface area contributed by atoms with E-state index in [-0.39, 0.29) is 5.92 Å². The summed E-state index contributed by atoms with van der Waals surface area (Å²) in [5.41, 5.74) is 0. The monoisotopic (exact) mass is 227 g/mol. The smallest absolute Gasteiger partial charge is 0.266 e. The normalized spacial score (nSPS) is 14.8. The highest BCUT2D eigenvalue weighted by Gasteiger charge is 2.23. The van der Waals surface area contributed by atoms with Crippen LogP contribution >= 0.6 is 0 Å². The van der Waals surface area contributed by atoms with Crippen LogP contribution in [-0.2, 0) is 0 Å². The van der Waals surface area contributed by atoms with Crippen molar-refractivity contribution >= 4 is 5.95 Å². The number of rotatable bonds is 6. The first-order valence-corrected chi connectivity index (χ1v) is 5.90. The standard InChI is InChI=1S/C11H21N3O2/c1-5-9(8(4)15)10-12-11(13-16-10)14(6-2)7-3/h8-9,15H,5-7H2,1-4H3. The van der Waals surface area contributed by atoms with Crippen molar-refractivity contribution in [3.05, 3.63) is 5.89 Å². The van der Waals surface area contributed by atoms with E-state index in [4.69, 9.17) is 4.52 Å². The number of anilines is 1. The minimum atomic E-state index is -0.463. The third-order valence-corrected chi connectivity index (χ3v) is 2.82. The van der Waals surface area contributed by atoms with Crippen LogP contribution in [0.1, 0.15) is 45.9 Å². The van der Waals surface area contributed by atoms with Gasteiger partial charge in [-0.25, -0.2) is 0 Å². The molecule has 1 heterocycles. The molecule has 5 nitrogen and oxygen atoms in total. The lowest BCUT2D eigenvalue weighted by Gasteiger charge is -2.15. The maximum atomic E-state index is 9.59. The molecule has 92 valence electrons. The van der Waals surface area contributed by atoms with Crippen LogP contribution in [0.2, 0.25) is 0 Å². The van der Waals surface area contributed by atoms with Gasteiger partial charge in [0, 0.05) is 13.1 Å². The van der Waals surface area contributed by atoms with Crippen molar-refractivity contribution in [1.82, 2.24) is 10.1 Å². The largest absolute Gasteiger partial charge is 0.393 e. The first kappa shape index (κ1) is 13.0. The summed E-state index contributed by atoms with van der Waals surface area (Å²) in [7, 11) is 0. The minimum Gasteiger partial charge on any atom is -0.393 e. The number of hydrogen-bond acceptors (Lipinski definition) is 5. The number of aliphatic hydroxyl groups is 1. The van der Waals surface area contributed by atoms with E-state index >= 15 is 0 Å². The summed E-state index contributed by atoms with van der Waals surface area (Å²) in [4.78, 5) is 6.35. The second kappa shape index (κ2) is 5.84. The van der Waals surface area contributed by atoms with E-state index in [0.717, 1.165) is 19.5 Å². The van der Waals surface area contributed by atoms with Gasteiger partial charge in [0.1, 0.15) is 0 Å². The molecule has 0 aliphatic heterocycles. The van der Waals surface area contributed by atoms with Crippen molar-refractivity contribution in [3.8, 4) is 0 Å². The Bertz CT molecular complexity index is 308. The predicted octanol–water partition coefficient (Wildman–Crippen LogP) is 1.79. The van der Waals surface area contributed by atoms with Gasteiger partial charge in [-0.15, -0.1) is 0 Å². The third-order valence-electron chi connectivity index (χ3n) is 2.82. The van der Waals surface area contributed by atoms with Gasteiger partial charge in [-0.1, -0.05) is 6.92 Å². The highest BCUT2D eigenvalue weighted by atomic mass is 16.5. The molecular formula is C11H21N3O2. The Hall–Kier alpha value is -1.10.